The lowest BCUT2D eigenvalue weighted by atomic mass is 10.0. The Labute approximate surface area is 136 Å². The van der Waals surface area contributed by atoms with Gasteiger partial charge in [-0.3, -0.25) is 0 Å². The Kier molecular flexibility index (Phi) is 4.30. The van der Waals surface area contributed by atoms with E-state index in [-0.39, 0.29) is 6.04 Å². The van der Waals surface area contributed by atoms with Crippen LogP contribution in [0.25, 0.3) is 22.2 Å². The number of imidazole rings is 1. The van der Waals surface area contributed by atoms with Gasteiger partial charge in [-0.05, 0) is 54.8 Å². The Morgan fingerprint density at radius 3 is 2.65 bits per heavy atom. The van der Waals surface area contributed by atoms with Crippen LogP contribution in [-0.2, 0) is 0 Å². The highest BCUT2D eigenvalue weighted by Gasteiger charge is 2.15. The number of nitrogens with zero attached hydrogens (tertiary/aromatic N) is 2. The maximum absolute atomic E-state index is 5.78. The number of H-pyrrole nitrogens is 1. The summed E-state index contributed by atoms with van der Waals surface area (Å²) in [5, 5.41) is 3.35. The normalized spacial score (nSPS) is 12.9. The Bertz CT molecular complexity index is 806. The van der Waals surface area contributed by atoms with Crippen molar-refractivity contribution in [3.63, 3.8) is 0 Å². The Morgan fingerprint density at radius 2 is 1.96 bits per heavy atom. The Hall–Kier alpha value is -2.40. The van der Waals surface area contributed by atoms with Gasteiger partial charge >= 0.3 is 0 Å². The molecule has 0 fully saturated rings. The topological polar surface area (TPSA) is 79.6 Å². The van der Waals surface area contributed by atoms with Crippen LogP contribution >= 0.6 is 0 Å². The minimum absolute atomic E-state index is 0.238. The number of benzene rings is 1. The molecular weight excluding hydrogens is 286 g/mol. The second-order valence-electron chi connectivity index (χ2n) is 6.29. The third-order valence-electron chi connectivity index (χ3n) is 4.00. The number of pyridine rings is 1. The van der Waals surface area contributed by atoms with E-state index in [0.29, 0.717) is 11.7 Å². The quantitative estimate of drug-likeness (QED) is 0.674. The molecule has 23 heavy (non-hydrogen) atoms. The second-order valence-corrected chi connectivity index (χ2v) is 6.29. The van der Waals surface area contributed by atoms with Gasteiger partial charge in [0, 0.05) is 6.20 Å². The van der Waals surface area contributed by atoms with E-state index in [1.807, 2.05) is 25.2 Å². The molecule has 3 rings (SSSR count). The number of aromatic amines is 1. The van der Waals surface area contributed by atoms with Crippen molar-refractivity contribution in [2.75, 3.05) is 12.8 Å². The molecule has 0 saturated carbocycles. The lowest BCUT2D eigenvalue weighted by Crippen LogP contribution is -2.19. The molecule has 0 bridgehead atoms. The van der Waals surface area contributed by atoms with Gasteiger partial charge in [0.1, 0.15) is 11.6 Å². The molecule has 2 aromatic heterocycles. The summed E-state index contributed by atoms with van der Waals surface area (Å²) in [7, 11) is 1.98. The van der Waals surface area contributed by atoms with E-state index in [4.69, 9.17) is 10.7 Å². The summed E-state index contributed by atoms with van der Waals surface area (Å²) < 4.78 is 0. The number of nitrogen functional groups attached to an aromatic ring is 1. The molecule has 0 aliphatic heterocycles. The van der Waals surface area contributed by atoms with Gasteiger partial charge in [-0.15, -0.1) is 0 Å². The van der Waals surface area contributed by atoms with Crippen LogP contribution in [0.3, 0.4) is 0 Å². The molecule has 0 spiro atoms. The monoisotopic (exact) mass is 309 g/mol. The number of rotatable bonds is 5. The van der Waals surface area contributed by atoms with Gasteiger partial charge < -0.3 is 16.0 Å². The summed E-state index contributed by atoms with van der Waals surface area (Å²) in [5.41, 5.74) is 9.96. The number of anilines is 1. The number of hydrogen-bond donors (Lipinski definition) is 3. The van der Waals surface area contributed by atoms with Crippen LogP contribution in [0.4, 0.5) is 5.82 Å². The van der Waals surface area contributed by atoms with Gasteiger partial charge in [-0.25, -0.2) is 9.97 Å². The predicted molar refractivity (Wildman–Crippen MR) is 95.0 cm³/mol. The third kappa shape index (κ3) is 3.35. The molecule has 0 aliphatic carbocycles. The number of nitrogens with two attached hydrogens (primary N) is 1. The smallest absolute Gasteiger partial charge is 0.124 e. The number of fused-ring (bicyclic) bond motifs is 1. The fourth-order valence-electron chi connectivity index (χ4n) is 2.84. The summed E-state index contributed by atoms with van der Waals surface area (Å²) in [6.45, 7) is 4.44. The zero-order chi connectivity index (χ0) is 16.4. The molecule has 3 aromatic rings. The van der Waals surface area contributed by atoms with E-state index in [1.165, 1.54) is 0 Å². The first-order valence-corrected chi connectivity index (χ1v) is 7.95. The summed E-state index contributed by atoms with van der Waals surface area (Å²) in [4.78, 5) is 12.2. The minimum Gasteiger partial charge on any atom is -0.384 e. The molecule has 0 aliphatic rings. The number of nitrogens with one attached hydrogen (secondary N) is 2. The van der Waals surface area contributed by atoms with Crippen molar-refractivity contribution in [1.29, 1.82) is 0 Å². The fourth-order valence-corrected chi connectivity index (χ4v) is 2.84. The molecule has 5 nitrogen and oxygen atoms in total. The first-order valence-electron chi connectivity index (χ1n) is 7.95. The molecule has 1 aromatic carbocycles. The molecule has 0 saturated heterocycles. The van der Waals surface area contributed by atoms with Crippen molar-refractivity contribution in [3.8, 4) is 11.1 Å². The Balaban J connectivity index is 1.97. The highest BCUT2D eigenvalue weighted by molar-refractivity contribution is 5.82. The van der Waals surface area contributed by atoms with E-state index in [2.05, 4.69) is 41.3 Å². The largest absolute Gasteiger partial charge is 0.384 e. The first-order chi connectivity index (χ1) is 11.1. The summed E-state index contributed by atoms with van der Waals surface area (Å²) in [5.74, 6) is 2.12. The van der Waals surface area contributed by atoms with Gasteiger partial charge in [-0.2, -0.15) is 0 Å². The summed E-state index contributed by atoms with van der Waals surface area (Å²) in [6.07, 6.45) is 2.77. The van der Waals surface area contributed by atoms with Crippen molar-refractivity contribution in [2.45, 2.75) is 26.3 Å². The van der Waals surface area contributed by atoms with Gasteiger partial charge in [0.2, 0.25) is 0 Å². The first kappa shape index (κ1) is 15.5. The van der Waals surface area contributed by atoms with Gasteiger partial charge in [-0.1, -0.05) is 19.9 Å². The van der Waals surface area contributed by atoms with Crippen LogP contribution in [0.5, 0.6) is 0 Å². The third-order valence-corrected chi connectivity index (χ3v) is 4.00. The van der Waals surface area contributed by atoms with Crippen LogP contribution < -0.4 is 11.1 Å². The van der Waals surface area contributed by atoms with E-state index in [0.717, 1.165) is 34.4 Å². The van der Waals surface area contributed by atoms with Crippen molar-refractivity contribution >= 4 is 16.9 Å². The van der Waals surface area contributed by atoms with Gasteiger partial charge in [0.15, 0.2) is 0 Å². The van der Waals surface area contributed by atoms with Crippen molar-refractivity contribution in [1.82, 2.24) is 20.3 Å². The van der Waals surface area contributed by atoms with E-state index in [9.17, 15) is 0 Å². The van der Waals surface area contributed by atoms with E-state index in [1.54, 1.807) is 6.20 Å². The maximum atomic E-state index is 5.78. The van der Waals surface area contributed by atoms with Crippen LogP contribution in [0, 0.1) is 5.92 Å². The van der Waals surface area contributed by atoms with Crippen LogP contribution in [-0.4, -0.2) is 22.0 Å². The highest BCUT2D eigenvalue weighted by Crippen LogP contribution is 2.26. The standard InChI is InChI=1S/C18H23N5/c1-11(2)8-16(20-3)18-22-14-5-4-12(9-15(14)23-18)13-6-7-21-17(19)10-13/h4-7,9-11,16,20H,8H2,1-3H3,(H2,19,21)(H,22,23)/t16-/m1/s1. The molecule has 0 amide bonds. The fraction of sp³-hybridized carbons (Fsp3) is 0.333. The zero-order valence-corrected chi connectivity index (χ0v) is 13.8. The van der Waals surface area contributed by atoms with Crippen molar-refractivity contribution in [3.05, 3.63) is 42.4 Å². The molecule has 5 heteroatoms. The molecule has 120 valence electrons. The van der Waals surface area contributed by atoms with E-state index < -0.39 is 0 Å². The van der Waals surface area contributed by atoms with Crippen LogP contribution in [0.15, 0.2) is 36.5 Å². The van der Waals surface area contributed by atoms with Crippen LogP contribution in [0.2, 0.25) is 0 Å². The number of hydrogen-bond acceptors (Lipinski definition) is 4. The second kappa shape index (κ2) is 6.38. The summed E-state index contributed by atoms with van der Waals surface area (Å²) in [6, 6.07) is 10.3. The molecule has 0 radical (unpaired) electrons. The zero-order valence-electron chi connectivity index (χ0n) is 13.8. The van der Waals surface area contributed by atoms with Crippen LogP contribution in [0.1, 0.15) is 32.1 Å². The molecule has 2 heterocycles. The van der Waals surface area contributed by atoms with Crippen molar-refractivity contribution in [2.24, 2.45) is 5.92 Å². The highest BCUT2D eigenvalue weighted by atomic mass is 15.0. The van der Waals surface area contributed by atoms with Gasteiger partial charge in [0.05, 0.1) is 17.1 Å². The molecule has 1 atom stereocenters. The lowest BCUT2D eigenvalue weighted by Gasteiger charge is -2.15. The SMILES string of the molecule is CN[C@H](CC(C)C)c1nc2ccc(-c3ccnc(N)c3)cc2[nH]1. The molecular formula is C18H23N5. The molecule has 4 N–H and O–H groups in total. The average molecular weight is 309 g/mol. The predicted octanol–water partition coefficient (Wildman–Crippen LogP) is 3.51. The minimum atomic E-state index is 0.238. The maximum Gasteiger partial charge on any atom is 0.124 e. The Morgan fingerprint density at radius 1 is 1.17 bits per heavy atom. The summed E-state index contributed by atoms with van der Waals surface area (Å²) >= 11 is 0. The average Bonchev–Trinajstić information content (AvgIpc) is 2.95. The van der Waals surface area contributed by atoms with Gasteiger partial charge in [0.25, 0.3) is 0 Å². The number of aromatic nitrogens is 3. The lowest BCUT2D eigenvalue weighted by molar-refractivity contribution is 0.443. The van der Waals surface area contributed by atoms with Crippen molar-refractivity contribution < 1.29 is 0 Å². The molecule has 0 unspecified atom stereocenters. The van der Waals surface area contributed by atoms with E-state index >= 15 is 0 Å².